The minimum atomic E-state index is -0.126. The molecule has 0 spiro atoms. The Labute approximate surface area is 179 Å². The Morgan fingerprint density at radius 2 is 1.90 bits per heavy atom. The first-order valence-corrected chi connectivity index (χ1v) is 10.5. The second-order valence-electron chi connectivity index (χ2n) is 7.96. The third-order valence-electron chi connectivity index (χ3n) is 5.99. The van der Waals surface area contributed by atoms with Crippen molar-refractivity contribution in [2.24, 2.45) is 0 Å². The molecule has 31 heavy (non-hydrogen) atoms. The average molecular weight is 417 g/mol. The van der Waals surface area contributed by atoms with Crippen LogP contribution in [0, 0.1) is 0 Å². The smallest absolute Gasteiger partial charge is 0.276 e. The van der Waals surface area contributed by atoms with E-state index in [0.717, 1.165) is 19.3 Å². The number of benzene rings is 1. The fourth-order valence-corrected chi connectivity index (χ4v) is 4.38. The van der Waals surface area contributed by atoms with Crippen molar-refractivity contribution in [2.75, 3.05) is 13.1 Å². The van der Waals surface area contributed by atoms with E-state index in [9.17, 15) is 9.59 Å². The van der Waals surface area contributed by atoms with Crippen molar-refractivity contribution in [3.05, 3.63) is 71.6 Å². The topological polar surface area (TPSA) is 97.1 Å². The zero-order valence-electron chi connectivity index (χ0n) is 17.1. The van der Waals surface area contributed by atoms with E-state index < -0.39 is 0 Å². The van der Waals surface area contributed by atoms with Crippen molar-refractivity contribution >= 4 is 11.8 Å². The number of aromatic nitrogens is 5. The van der Waals surface area contributed by atoms with E-state index in [4.69, 9.17) is 0 Å². The molecule has 1 saturated heterocycles. The fraction of sp³-hybridized carbons (Fsp3) is 0.364. The summed E-state index contributed by atoms with van der Waals surface area (Å²) < 4.78 is 1.66. The molecule has 1 aromatic carbocycles. The Balaban J connectivity index is 1.25. The van der Waals surface area contributed by atoms with Crippen molar-refractivity contribution in [2.45, 2.75) is 38.4 Å². The Bertz CT molecular complexity index is 1100. The van der Waals surface area contributed by atoms with E-state index in [1.54, 1.807) is 17.1 Å². The lowest BCUT2D eigenvalue weighted by molar-refractivity contribution is 0.0709. The Morgan fingerprint density at radius 1 is 1.03 bits per heavy atom. The summed E-state index contributed by atoms with van der Waals surface area (Å²) in [6.45, 7) is 2.43. The summed E-state index contributed by atoms with van der Waals surface area (Å²) >= 11 is 0. The summed E-state index contributed by atoms with van der Waals surface area (Å²) in [5, 5.41) is 8.27. The quantitative estimate of drug-likeness (QED) is 0.639. The SMILES string of the molecule is O=C(c1cn(CC2CCCN2C(=O)c2cnccn2)nn1)N1CCc2ccccc2C1. The van der Waals surface area contributed by atoms with Gasteiger partial charge in [0.15, 0.2) is 5.69 Å². The van der Waals surface area contributed by atoms with Crippen LogP contribution < -0.4 is 0 Å². The third-order valence-corrected chi connectivity index (χ3v) is 5.99. The molecule has 1 atom stereocenters. The molecule has 158 valence electrons. The maximum Gasteiger partial charge on any atom is 0.276 e. The number of likely N-dealkylation sites (tertiary alicyclic amines) is 1. The van der Waals surface area contributed by atoms with Crippen molar-refractivity contribution < 1.29 is 9.59 Å². The van der Waals surface area contributed by atoms with Gasteiger partial charge in [0.05, 0.1) is 25.0 Å². The number of hydrogen-bond acceptors (Lipinski definition) is 6. The predicted molar refractivity (Wildman–Crippen MR) is 111 cm³/mol. The molecular formula is C22H23N7O2. The first-order valence-electron chi connectivity index (χ1n) is 10.5. The van der Waals surface area contributed by atoms with Gasteiger partial charge in [0.2, 0.25) is 0 Å². The molecule has 2 amide bonds. The minimum absolute atomic E-state index is 0.0129. The molecule has 3 aromatic rings. The van der Waals surface area contributed by atoms with Crippen LogP contribution in [0.2, 0.25) is 0 Å². The third kappa shape index (κ3) is 3.90. The standard InChI is InChI=1S/C22H23N7O2/c30-21(27-11-7-16-4-1-2-5-17(16)13-27)20-15-28(26-25-20)14-18-6-3-10-29(18)22(31)19-12-23-8-9-24-19/h1-2,4-5,8-9,12,15,18H,3,6-7,10-11,13-14H2. The van der Waals surface area contributed by atoms with E-state index in [2.05, 4.69) is 32.4 Å². The van der Waals surface area contributed by atoms with Gasteiger partial charge in [0, 0.05) is 32.0 Å². The van der Waals surface area contributed by atoms with E-state index in [-0.39, 0.29) is 17.9 Å². The normalized spacial score (nSPS) is 18.1. The van der Waals surface area contributed by atoms with Gasteiger partial charge >= 0.3 is 0 Å². The minimum Gasteiger partial charge on any atom is -0.333 e. The Kier molecular flexibility index (Phi) is 5.15. The number of carbonyl (C=O) groups excluding carboxylic acids is 2. The van der Waals surface area contributed by atoms with Crippen LogP contribution in [0.15, 0.2) is 49.1 Å². The van der Waals surface area contributed by atoms with E-state index in [1.165, 1.54) is 23.5 Å². The van der Waals surface area contributed by atoms with E-state index >= 15 is 0 Å². The summed E-state index contributed by atoms with van der Waals surface area (Å²) in [5.74, 6) is -0.237. The summed E-state index contributed by atoms with van der Waals surface area (Å²) in [7, 11) is 0. The molecule has 1 fully saturated rings. The lowest BCUT2D eigenvalue weighted by atomic mass is 10.00. The van der Waals surface area contributed by atoms with Gasteiger partial charge in [-0.2, -0.15) is 0 Å². The largest absolute Gasteiger partial charge is 0.333 e. The molecule has 2 aliphatic heterocycles. The molecule has 1 unspecified atom stereocenters. The van der Waals surface area contributed by atoms with Gasteiger partial charge in [-0.25, -0.2) is 9.67 Å². The lowest BCUT2D eigenvalue weighted by Crippen LogP contribution is -2.38. The first-order chi connectivity index (χ1) is 15.2. The Morgan fingerprint density at radius 3 is 2.74 bits per heavy atom. The Hall–Kier alpha value is -3.62. The highest BCUT2D eigenvalue weighted by molar-refractivity contribution is 5.92. The van der Waals surface area contributed by atoms with Crippen LogP contribution in [0.4, 0.5) is 0 Å². The monoisotopic (exact) mass is 417 g/mol. The molecule has 0 saturated carbocycles. The van der Waals surface area contributed by atoms with Crippen molar-refractivity contribution in [1.82, 2.24) is 34.8 Å². The van der Waals surface area contributed by atoms with E-state index in [0.29, 0.717) is 37.6 Å². The van der Waals surface area contributed by atoms with Gasteiger partial charge in [0.1, 0.15) is 5.69 Å². The maximum absolute atomic E-state index is 12.9. The number of nitrogens with zero attached hydrogens (tertiary/aromatic N) is 7. The van der Waals surface area contributed by atoms with Crippen molar-refractivity contribution in [3.63, 3.8) is 0 Å². The summed E-state index contributed by atoms with van der Waals surface area (Å²) in [6.07, 6.45) is 8.88. The second-order valence-corrected chi connectivity index (χ2v) is 7.96. The number of hydrogen-bond donors (Lipinski definition) is 0. The first kappa shape index (κ1) is 19.3. The highest BCUT2D eigenvalue weighted by atomic mass is 16.2. The van der Waals surface area contributed by atoms with Crippen LogP contribution in [0.1, 0.15) is 44.9 Å². The average Bonchev–Trinajstić information content (AvgIpc) is 3.48. The maximum atomic E-state index is 12.9. The van der Waals surface area contributed by atoms with Gasteiger partial charge in [-0.1, -0.05) is 29.5 Å². The van der Waals surface area contributed by atoms with Crippen LogP contribution in [0.5, 0.6) is 0 Å². The highest BCUT2D eigenvalue weighted by Crippen LogP contribution is 2.22. The molecule has 0 N–H and O–H groups in total. The molecular weight excluding hydrogens is 394 g/mol. The van der Waals surface area contributed by atoms with Crippen LogP contribution in [-0.2, 0) is 19.5 Å². The van der Waals surface area contributed by atoms with Gasteiger partial charge in [-0.15, -0.1) is 5.10 Å². The zero-order chi connectivity index (χ0) is 21.2. The van der Waals surface area contributed by atoms with Crippen molar-refractivity contribution in [3.8, 4) is 0 Å². The fourth-order valence-electron chi connectivity index (χ4n) is 4.38. The van der Waals surface area contributed by atoms with Crippen LogP contribution in [-0.4, -0.2) is 65.7 Å². The molecule has 0 bridgehead atoms. The van der Waals surface area contributed by atoms with Crippen molar-refractivity contribution in [1.29, 1.82) is 0 Å². The number of carbonyl (C=O) groups is 2. The van der Waals surface area contributed by atoms with Crippen LogP contribution >= 0.6 is 0 Å². The molecule has 9 nitrogen and oxygen atoms in total. The summed E-state index contributed by atoms with van der Waals surface area (Å²) in [4.78, 5) is 37.5. The predicted octanol–water partition coefficient (Wildman–Crippen LogP) is 1.57. The molecule has 5 rings (SSSR count). The molecule has 4 heterocycles. The van der Waals surface area contributed by atoms with E-state index in [1.807, 2.05) is 21.9 Å². The summed E-state index contributed by atoms with van der Waals surface area (Å²) in [6, 6.07) is 8.20. The summed E-state index contributed by atoms with van der Waals surface area (Å²) in [5.41, 5.74) is 3.15. The highest BCUT2D eigenvalue weighted by Gasteiger charge is 2.31. The molecule has 0 aliphatic carbocycles. The second kappa shape index (κ2) is 8.25. The van der Waals surface area contributed by atoms with Gasteiger partial charge in [-0.05, 0) is 30.4 Å². The lowest BCUT2D eigenvalue weighted by Gasteiger charge is -2.28. The van der Waals surface area contributed by atoms with Crippen LogP contribution in [0.3, 0.4) is 0 Å². The molecule has 2 aliphatic rings. The van der Waals surface area contributed by atoms with Gasteiger partial charge < -0.3 is 9.80 Å². The number of amides is 2. The van der Waals surface area contributed by atoms with Crippen LogP contribution in [0.25, 0.3) is 0 Å². The number of fused-ring (bicyclic) bond motifs is 1. The zero-order valence-corrected chi connectivity index (χ0v) is 17.1. The number of rotatable bonds is 4. The molecule has 2 aromatic heterocycles. The van der Waals surface area contributed by atoms with Gasteiger partial charge in [-0.3, -0.25) is 14.6 Å². The molecule has 0 radical (unpaired) electrons. The van der Waals surface area contributed by atoms with Gasteiger partial charge in [0.25, 0.3) is 11.8 Å². The molecule has 9 heteroatoms.